The van der Waals surface area contributed by atoms with Crippen molar-refractivity contribution in [2.75, 3.05) is 29.9 Å². The fourth-order valence-electron chi connectivity index (χ4n) is 4.60. The zero-order valence-corrected chi connectivity index (χ0v) is 20.8. The minimum absolute atomic E-state index is 0.296. The van der Waals surface area contributed by atoms with Crippen LogP contribution in [-0.4, -0.2) is 42.8 Å². The summed E-state index contributed by atoms with van der Waals surface area (Å²) in [7, 11) is 0. The lowest BCUT2D eigenvalue weighted by atomic mass is 9.89. The van der Waals surface area contributed by atoms with E-state index in [4.69, 9.17) is 9.15 Å². The molecule has 0 spiro atoms. The molecule has 3 amide bonds. The number of furan rings is 1. The summed E-state index contributed by atoms with van der Waals surface area (Å²) in [6.07, 6.45) is 4.88. The van der Waals surface area contributed by atoms with Crippen molar-refractivity contribution in [3.05, 3.63) is 60.4 Å². The van der Waals surface area contributed by atoms with Gasteiger partial charge in [0, 0.05) is 16.6 Å². The van der Waals surface area contributed by atoms with E-state index in [9.17, 15) is 9.59 Å². The molecular weight excluding hydrogens is 442 g/mol. The van der Waals surface area contributed by atoms with Crippen molar-refractivity contribution < 1.29 is 18.7 Å². The van der Waals surface area contributed by atoms with Crippen LogP contribution in [0, 0.1) is 0 Å². The Morgan fingerprint density at radius 2 is 1.89 bits per heavy atom. The van der Waals surface area contributed by atoms with Crippen molar-refractivity contribution in [3.8, 4) is 0 Å². The van der Waals surface area contributed by atoms with E-state index < -0.39 is 12.1 Å². The standard InChI is InChI=1S/C28H35N3O4/c1-4-15-30-16-13-21(14-17-30)25-19-34-26-12-11-22(18-24(25)26)29-27(32)31(23-9-7-6-8-10-23)28(33)35-20(3)5-2/h6-12,18-21H,4-5,13-17H2,1-3H3,(H,29,32). The van der Waals surface area contributed by atoms with Crippen LogP contribution < -0.4 is 10.2 Å². The zero-order chi connectivity index (χ0) is 24.8. The molecule has 2 aromatic carbocycles. The smallest absolute Gasteiger partial charge is 0.422 e. The van der Waals surface area contributed by atoms with Crippen molar-refractivity contribution in [1.29, 1.82) is 0 Å². The first-order chi connectivity index (χ1) is 17.0. The lowest BCUT2D eigenvalue weighted by Crippen LogP contribution is -2.41. The Balaban J connectivity index is 1.54. The first-order valence-electron chi connectivity index (χ1n) is 12.6. The second-order valence-corrected chi connectivity index (χ2v) is 9.22. The van der Waals surface area contributed by atoms with Gasteiger partial charge in [0.05, 0.1) is 12.0 Å². The quantitative estimate of drug-likeness (QED) is 0.397. The number of ether oxygens (including phenoxy) is 1. The molecule has 3 aromatic rings. The van der Waals surface area contributed by atoms with Crippen molar-refractivity contribution in [3.63, 3.8) is 0 Å². The van der Waals surface area contributed by atoms with Crippen molar-refractivity contribution in [2.45, 2.75) is 58.5 Å². The number of piperidine rings is 1. The van der Waals surface area contributed by atoms with E-state index in [0.29, 0.717) is 23.7 Å². The normalized spacial score (nSPS) is 15.6. The van der Waals surface area contributed by atoms with E-state index in [2.05, 4.69) is 17.1 Å². The van der Waals surface area contributed by atoms with Gasteiger partial charge in [-0.05, 0) is 88.5 Å². The number of amides is 3. The van der Waals surface area contributed by atoms with Gasteiger partial charge in [-0.25, -0.2) is 9.59 Å². The molecule has 2 heterocycles. The number of carbonyl (C=O) groups is 2. The second kappa shape index (κ2) is 11.4. The number of imide groups is 1. The van der Waals surface area contributed by atoms with E-state index in [-0.39, 0.29) is 6.10 Å². The van der Waals surface area contributed by atoms with Gasteiger partial charge in [-0.1, -0.05) is 32.0 Å². The predicted molar refractivity (Wildman–Crippen MR) is 139 cm³/mol. The van der Waals surface area contributed by atoms with Crippen LogP contribution in [0.15, 0.2) is 59.2 Å². The van der Waals surface area contributed by atoms with Crippen molar-refractivity contribution >= 4 is 34.5 Å². The van der Waals surface area contributed by atoms with Crippen LogP contribution in [-0.2, 0) is 4.74 Å². The summed E-state index contributed by atoms with van der Waals surface area (Å²) >= 11 is 0. The topological polar surface area (TPSA) is 75.0 Å². The minimum atomic E-state index is -0.702. The molecule has 0 saturated carbocycles. The average Bonchev–Trinajstić information content (AvgIpc) is 3.28. The number of likely N-dealkylation sites (tertiary alicyclic amines) is 1. The Hall–Kier alpha value is -3.32. The van der Waals surface area contributed by atoms with E-state index in [1.54, 1.807) is 37.3 Å². The molecule has 1 aliphatic rings. The van der Waals surface area contributed by atoms with E-state index >= 15 is 0 Å². The summed E-state index contributed by atoms with van der Waals surface area (Å²) < 4.78 is 11.3. The molecule has 1 saturated heterocycles. The molecular formula is C28H35N3O4. The number of rotatable bonds is 7. The number of benzene rings is 2. The SMILES string of the molecule is CCCN1CCC(c2coc3ccc(NC(=O)N(C(=O)OC(C)CC)c4ccccc4)cc23)CC1. The monoisotopic (exact) mass is 477 g/mol. The molecule has 1 fully saturated rings. The molecule has 1 N–H and O–H groups in total. The number of nitrogens with zero attached hydrogens (tertiary/aromatic N) is 2. The largest absolute Gasteiger partial charge is 0.464 e. The molecule has 7 heteroatoms. The third-order valence-electron chi connectivity index (χ3n) is 6.70. The van der Waals surface area contributed by atoms with Gasteiger partial charge in [0.1, 0.15) is 11.7 Å². The predicted octanol–water partition coefficient (Wildman–Crippen LogP) is 7.00. The van der Waals surface area contributed by atoms with Gasteiger partial charge in [-0.3, -0.25) is 0 Å². The number of carbonyl (C=O) groups excluding carboxylic acids is 2. The molecule has 186 valence electrons. The van der Waals surface area contributed by atoms with Gasteiger partial charge in [0.2, 0.25) is 0 Å². The van der Waals surface area contributed by atoms with Crippen LogP contribution in [0.4, 0.5) is 21.0 Å². The average molecular weight is 478 g/mol. The maximum atomic E-state index is 13.3. The molecule has 0 aliphatic carbocycles. The van der Waals surface area contributed by atoms with Gasteiger partial charge >= 0.3 is 12.1 Å². The van der Waals surface area contributed by atoms with Crippen LogP contribution in [0.25, 0.3) is 11.0 Å². The van der Waals surface area contributed by atoms with E-state index in [0.717, 1.165) is 48.3 Å². The number of fused-ring (bicyclic) bond motifs is 1. The maximum absolute atomic E-state index is 13.3. The Bertz CT molecular complexity index is 1140. The van der Waals surface area contributed by atoms with Gasteiger partial charge in [-0.15, -0.1) is 0 Å². The van der Waals surface area contributed by atoms with Crippen LogP contribution >= 0.6 is 0 Å². The van der Waals surface area contributed by atoms with Crippen LogP contribution in [0.1, 0.15) is 57.9 Å². The second-order valence-electron chi connectivity index (χ2n) is 9.22. The molecule has 1 aromatic heterocycles. The summed E-state index contributed by atoms with van der Waals surface area (Å²) in [6.45, 7) is 9.27. The van der Waals surface area contributed by atoms with Gasteiger partial charge in [0.15, 0.2) is 0 Å². The first kappa shape index (κ1) is 24.8. The third kappa shape index (κ3) is 5.85. The number of nitrogens with one attached hydrogen (secondary N) is 1. The van der Waals surface area contributed by atoms with E-state index in [1.165, 1.54) is 12.0 Å². The lowest BCUT2D eigenvalue weighted by Gasteiger charge is -2.31. The Labute approximate surface area is 207 Å². The third-order valence-corrected chi connectivity index (χ3v) is 6.70. The molecule has 4 rings (SSSR count). The number of hydrogen-bond acceptors (Lipinski definition) is 5. The molecule has 0 bridgehead atoms. The minimum Gasteiger partial charge on any atom is -0.464 e. The molecule has 0 radical (unpaired) electrons. The maximum Gasteiger partial charge on any atom is 0.422 e. The fraction of sp³-hybridized carbons (Fsp3) is 0.429. The molecule has 1 aliphatic heterocycles. The van der Waals surface area contributed by atoms with Gasteiger partial charge in [-0.2, -0.15) is 4.90 Å². The summed E-state index contributed by atoms with van der Waals surface area (Å²) in [4.78, 5) is 29.7. The van der Waals surface area contributed by atoms with Crippen molar-refractivity contribution in [1.82, 2.24) is 4.90 Å². The highest BCUT2D eigenvalue weighted by molar-refractivity contribution is 6.16. The number of urea groups is 1. The number of hydrogen-bond donors (Lipinski definition) is 1. The zero-order valence-electron chi connectivity index (χ0n) is 20.8. The van der Waals surface area contributed by atoms with Gasteiger partial charge in [0.25, 0.3) is 0 Å². The van der Waals surface area contributed by atoms with Crippen LogP contribution in [0.5, 0.6) is 0 Å². The lowest BCUT2D eigenvalue weighted by molar-refractivity contribution is 0.113. The molecule has 7 nitrogen and oxygen atoms in total. The summed E-state index contributed by atoms with van der Waals surface area (Å²) in [5.74, 6) is 0.432. The van der Waals surface area contributed by atoms with Gasteiger partial charge < -0.3 is 19.4 Å². The Kier molecular flexibility index (Phi) is 8.08. The summed E-state index contributed by atoms with van der Waals surface area (Å²) in [5.41, 5.74) is 3.03. The number of para-hydroxylation sites is 1. The first-order valence-corrected chi connectivity index (χ1v) is 12.6. The molecule has 1 atom stereocenters. The molecule has 1 unspecified atom stereocenters. The summed E-state index contributed by atoms with van der Waals surface area (Å²) in [5, 5.41) is 3.89. The summed E-state index contributed by atoms with van der Waals surface area (Å²) in [6, 6.07) is 13.8. The molecule has 35 heavy (non-hydrogen) atoms. The fourth-order valence-corrected chi connectivity index (χ4v) is 4.60. The van der Waals surface area contributed by atoms with E-state index in [1.807, 2.05) is 31.4 Å². The number of anilines is 2. The van der Waals surface area contributed by atoms with Crippen molar-refractivity contribution in [2.24, 2.45) is 0 Å². The van der Waals surface area contributed by atoms with Crippen LogP contribution in [0.3, 0.4) is 0 Å². The highest BCUT2D eigenvalue weighted by Crippen LogP contribution is 2.35. The Morgan fingerprint density at radius 1 is 1.14 bits per heavy atom. The Morgan fingerprint density at radius 3 is 2.57 bits per heavy atom. The van der Waals surface area contributed by atoms with Crippen LogP contribution in [0.2, 0.25) is 0 Å². The highest BCUT2D eigenvalue weighted by Gasteiger charge is 2.27. The highest BCUT2D eigenvalue weighted by atomic mass is 16.6.